The van der Waals surface area contributed by atoms with Crippen LogP contribution >= 0.6 is 23.1 Å². The van der Waals surface area contributed by atoms with Gasteiger partial charge in [-0.3, -0.25) is 0 Å². The lowest BCUT2D eigenvalue weighted by atomic mass is 10.1. The molecule has 2 aromatic heterocycles. The Morgan fingerprint density at radius 2 is 1.75 bits per heavy atom. The van der Waals surface area contributed by atoms with E-state index in [0.717, 1.165) is 33.9 Å². The third-order valence-electron chi connectivity index (χ3n) is 5.14. The molecule has 2 atom stereocenters. The lowest BCUT2D eigenvalue weighted by molar-refractivity contribution is 0.730. The van der Waals surface area contributed by atoms with Crippen molar-refractivity contribution < 1.29 is 0 Å². The van der Waals surface area contributed by atoms with Gasteiger partial charge in [0.15, 0.2) is 5.16 Å². The second kappa shape index (κ2) is 7.53. The highest BCUT2D eigenvalue weighted by atomic mass is 32.2. The van der Waals surface area contributed by atoms with Crippen molar-refractivity contribution in [2.45, 2.75) is 29.2 Å². The van der Waals surface area contributed by atoms with E-state index in [1.807, 2.05) is 18.2 Å². The maximum Gasteiger partial charge on any atom is 0.191 e. The number of hydrogen-bond donors (Lipinski definition) is 0. The first-order valence-electron chi connectivity index (χ1n) is 9.36. The van der Waals surface area contributed by atoms with Crippen molar-refractivity contribution in [1.29, 1.82) is 0 Å². The highest BCUT2D eigenvalue weighted by Crippen LogP contribution is 2.54. The van der Waals surface area contributed by atoms with Crippen LogP contribution in [0.1, 0.15) is 35.3 Å². The lowest BCUT2D eigenvalue weighted by Gasteiger charge is -2.03. The number of thioether (sulfide) groups is 1. The number of aromatic nitrogens is 4. The molecule has 140 valence electrons. The van der Waals surface area contributed by atoms with Crippen molar-refractivity contribution in [3.8, 4) is 10.6 Å². The van der Waals surface area contributed by atoms with Gasteiger partial charge in [-0.1, -0.05) is 72.4 Å². The summed E-state index contributed by atoms with van der Waals surface area (Å²) in [6.07, 6.45) is 1.16. The maximum absolute atomic E-state index is 4.77. The standard InChI is InChI=1S/C22H20N4S2/c1-26-20(19-12-18(19)15-8-4-2-5-9-15)24-25-22(26)28-14-17-13-27-21(23-17)16-10-6-3-7-11-16/h2-11,13,18-19H,12,14H2,1H3/t18-,19+/m1/s1. The largest absolute Gasteiger partial charge is 0.309 e. The molecule has 28 heavy (non-hydrogen) atoms. The minimum atomic E-state index is 0.484. The number of benzene rings is 2. The molecule has 1 aliphatic carbocycles. The molecule has 4 aromatic rings. The quantitative estimate of drug-likeness (QED) is 0.398. The first-order valence-corrected chi connectivity index (χ1v) is 11.2. The SMILES string of the molecule is Cn1c(SCc2csc(-c3ccccc3)n2)nnc1[C@H]1C[C@@H]1c1ccccc1. The van der Waals surface area contributed by atoms with Gasteiger partial charge < -0.3 is 4.57 Å². The van der Waals surface area contributed by atoms with E-state index in [-0.39, 0.29) is 0 Å². The van der Waals surface area contributed by atoms with E-state index < -0.39 is 0 Å². The Kier molecular flexibility index (Phi) is 4.74. The van der Waals surface area contributed by atoms with E-state index in [2.05, 4.69) is 69.7 Å². The van der Waals surface area contributed by atoms with Crippen LogP contribution in [0.15, 0.2) is 71.2 Å². The molecule has 0 amide bonds. The van der Waals surface area contributed by atoms with E-state index in [0.29, 0.717) is 11.8 Å². The molecule has 1 fully saturated rings. The molecule has 0 saturated heterocycles. The van der Waals surface area contributed by atoms with Crippen LogP contribution in [0.4, 0.5) is 0 Å². The zero-order valence-electron chi connectivity index (χ0n) is 15.5. The minimum absolute atomic E-state index is 0.484. The fourth-order valence-electron chi connectivity index (χ4n) is 3.55. The zero-order chi connectivity index (χ0) is 18.9. The third kappa shape index (κ3) is 3.50. The molecule has 5 rings (SSSR count). The molecular formula is C22H20N4S2. The van der Waals surface area contributed by atoms with Gasteiger partial charge in [-0.15, -0.1) is 21.5 Å². The van der Waals surface area contributed by atoms with Crippen LogP contribution in [0.2, 0.25) is 0 Å². The molecule has 0 spiro atoms. The lowest BCUT2D eigenvalue weighted by Crippen LogP contribution is -1.98. The van der Waals surface area contributed by atoms with Gasteiger partial charge in [-0.25, -0.2) is 4.98 Å². The molecule has 2 heterocycles. The van der Waals surface area contributed by atoms with Crippen LogP contribution in [0.5, 0.6) is 0 Å². The van der Waals surface area contributed by atoms with Crippen molar-refractivity contribution >= 4 is 23.1 Å². The highest BCUT2D eigenvalue weighted by molar-refractivity contribution is 7.98. The van der Waals surface area contributed by atoms with E-state index in [1.165, 1.54) is 11.1 Å². The van der Waals surface area contributed by atoms with Gasteiger partial charge in [0.1, 0.15) is 10.8 Å². The predicted octanol–water partition coefficient (Wildman–Crippen LogP) is 5.50. The van der Waals surface area contributed by atoms with E-state index in [1.54, 1.807) is 23.1 Å². The first-order chi connectivity index (χ1) is 13.8. The molecule has 1 aliphatic rings. The van der Waals surface area contributed by atoms with Crippen molar-refractivity contribution in [3.63, 3.8) is 0 Å². The Balaban J connectivity index is 1.25. The summed E-state index contributed by atoms with van der Waals surface area (Å²) >= 11 is 3.40. The summed E-state index contributed by atoms with van der Waals surface area (Å²) in [5, 5.41) is 13.1. The Hall–Kier alpha value is -2.44. The van der Waals surface area contributed by atoms with Crippen LogP contribution in [0.25, 0.3) is 10.6 Å². The average Bonchev–Trinajstić information content (AvgIpc) is 3.24. The normalized spacial score (nSPS) is 18.3. The Morgan fingerprint density at radius 1 is 1.00 bits per heavy atom. The van der Waals surface area contributed by atoms with Crippen LogP contribution in [0.3, 0.4) is 0 Å². The second-order valence-corrected chi connectivity index (χ2v) is 8.86. The van der Waals surface area contributed by atoms with E-state index >= 15 is 0 Å². The van der Waals surface area contributed by atoms with Gasteiger partial charge in [0.05, 0.1) is 5.69 Å². The molecule has 1 saturated carbocycles. The van der Waals surface area contributed by atoms with E-state index in [4.69, 9.17) is 4.98 Å². The fourth-order valence-corrected chi connectivity index (χ4v) is 5.29. The highest BCUT2D eigenvalue weighted by Gasteiger charge is 2.42. The first kappa shape index (κ1) is 17.6. The summed E-state index contributed by atoms with van der Waals surface area (Å²) in [6.45, 7) is 0. The third-order valence-corrected chi connectivity index (χ3v) is 7.13. The van der Waals surface area contributed by atoms with Gasteiger partial charge >= 0.3 is 0 Å². The van der Waals surface area contributed by atoms with Crippen LogP contribution in [-0.2, 0) is 12.8 Å². The summed E-state index contributed by atoms with van der Waals surface area (Å²) in [5.41, 5.74) is 3.66. The second-order valence-electron chi connectivity index (χ2n) is 7.06. The fraction of sp³-hybridized carbons (Fsp3) is 0.227. The Morgan fingerprint density at radius 3 is 2.54 bits per heavy atom. The summed E-state index contributed by atoms with van der Waals surface area (Å²) in [7, 11) is 2.08. The Bertz CT molecular complexity index is 1070. The number of rotatable bonds is 6. The van der Waals surface area contributed by atoms with Crippen LogP contribution in [-0.4, -0.2) is 19.7 Å². The van der Waals surface area contributed by atoms with Crippen LogP contribution < -0.4 is 0 Å². The molecular weight excluding hydrogens is 384 g/mol. The molecule has 0 aliphatic heterocycles. The van der Waals surface area contributed by atoms with Gasteiger partial charge in [-0.2, -0.15) is 0 Å². The number of thiazole rings is 1. The summed E-state index contributed by atoms with van der Waals surface area (Å²) in [5.74, 6) is 2.97. The number of nitrogens with zero attached hydrogens (tertiary/aromatic N) is 4. The smallest absolute Gasteiger partial charge is 0.191 e. The van der Waals surface area contributed by atoms with E-state index in [9.17, 15) is 0 Å². The average molecular weight is 405 g/mol. The summed E-state index contributed by atoms with van der Waals surface area (Å²) in [6, 6.07) is 21.0. The van der Waals surface area contributed by atoms with Crippen molar-refractivity contribution in [3.05, 3.63) is 83.1 Å². The van der Waals surface area contributed by atoms with Crippen molar-refractivity contribution in [2.75, 3.05) is 0 Å². The Labute approximate surface area is 172 Å². The van der Waals surface area contributed by atoms with Gasteiger partial charge in [-0.05, 0) is 17.9 Å². The molecule has 0 radical (unpaired) electrons. The minimum Gasteiger partial charge on any atom is -0.309 e. The van der Waals surface area contributed by atoms with Gasteiger partial charge in [0.25, 0.3) is 0 Å². The molecule has 0 bridgehead atoms. The molecule has 0 N–H and O–H groups in total. The summed E-state index contributed by atoms with van der Waals surface area (Å²) < 4.78 is 2.16. The predicted molar refractivity (Wildman–Crippen MR) is 115 cm³/mol. The van der Waals surface area contributed by atoms with Crippen molar-refractivity contribution in [2.24, 2.45) is 7.05 Å². The topological polar surface area (TPSA) is 43.6 Å². The molecule has 6 heteroatoms. The van der Waals surface area contributed by atoms with Gasteiger partial charge in [0.2, 0.25) is 0 Å². The molecule has 4 nitrogen and oxygen atoms in total. The number of hydrogen-bond acceptors (Lipinski definition) is 5. The maximum atomic E-state index is 4.77. The molecule has 0 unspecified atom stereocenters. The van der Waals surface area contributed by atoms with Crippen LogP contribution in [0, 0.1) is 0 Å². The van der Waals surface area contributed by atoms with Crippen molar-refractivity contribution in [1.82, 2.24) is 19.7 Å². The monoisotopic (exact) mass is 404 g/mol. The molecule has 2 aromatic carbocycles. The summed E-state index contributed by atoms with van der Waals surface area (Å²) in [4.78, 5) is 4.77. The van der Waals surface area contributed by atoms with Gasteiger partial charge in [0, 0.05) is 29.7 Å². The zero-order valence-corrected chi connectivity index (χ0v) is 17.2.